The van der Waals surface area contributed by atoms with Crippen LogP contribution in [0.2, 0.25) is 10.0 Å². The molecule has 0 saturated carbocycles. The summed E-state index contributed by atoms with van der Waals surface area (Å²) in [6.07, 6.45) is 4.63. The van der Waals surface area contributed by atoms with Crippen molar-refractivity contribution in [2.75, 3.05) is 0 Å². The summed E-state index contributed by atoms with van der Waals surface area (Å²) in [5.41, 5.74) is 2.12. The van der Waals surface area contributed by atoms with E-state index in [9.17, 15) is 4.79 Å². The molecule has 27 heavy (non-hydrogen) atoms. The highest BCUT2D eigenvalue weighted by molar-refractivity contribution is 6.63. The molecule has 1 fully saturated rings. The number of carbonyl (C=O) groups is 1. The largest absolute Gasteiger partial charge is 0.495 e. The maximum atomic E-state index is 11.7. The normalized spacial score (nSPS) is 18.2. The van der Waals surface area contributed by atoms with Crippen molar-refractivity contribution in [3.63, 3.8) is 0 Å². The van der Waals surface area contributed by atoms with Crippen LogP contribution in [0.1, 0.15) is 49.2 Å². The van der Waals surface area contributed by atoms with E-state index in [-0.39, 0.29) is 0 Å². The third-order valence-electron chi connectivity index (χ3n) is 5.10. The smallest absolute Gasteiger partial charge is 0.399 e. The van der Waals surface area contributed by atoms with Crippen LogP contribution in [-0.2, 0) is 9.31 Å². The average Bonchev–Trinajstić information content (AvgIpc) is 2.79. The summed E-state index contributed by atoms with van der Waals surface area (Å²) in [6.45, 7) is 7.95. The van der Waals surface area contributed by atoms with Gasteiger partial charge in [-0.05, 0) is 68.6 Å². The van der Waals surface area contributed by atoms with Gasteiger partial charge < -0.3 is 9.31 Å². The predicted octanol–water partition coefficient (Wildman–Crippen LogP) is 5.28. The van der Waals surface area contributed by atoms with Gasteiger partial charge in [0.05, 0.1) is 11.2 Å². The second-order valence-corrected chi connectivity index (χ2v) is 8.50. The molecule has 1 aliphatic heterocycles. The van der Waals surface area contributed by atoms with Crippen LogP contribution < -0.4 is 5.46 Å². The summed E-state index contributed by atoms with van der Waals surface area (Å²) < 4.78 is 12.1. The number of hydrogen-bond acceptors (Lipinski definition) is 3. The molecule has 0 radical (unpaired) electrons. The molecule has 2 aromatic rings. The van der Waals surface area contributed by atoms with Crippen molar-refractivity contribution in [3.05, 3.63) is 63.1 Å². The van der Waals surface area contributed by atoms with Crippen molar-refractivity contribution < 1.29 is 14.1 Å². The first-order valence-electron chi connectivity index (χ1n) is 8.70. The lowest BCUT2D eigenvalue weighted by Gasteiger charge is -2.32. The van der Waals surface area contributed by atoms with Gasteiger partial charge in [0.25, 0.3) is 0 Å². The molecule has 3 rings (SSSR count). The lowest BCUT2D eigenvalue weighted by Crippen LogP contribution is -2.41. The SMILES string of the molecule is CC1(C)OB(c2ccc(/C=C/c3cc(Cl)cc(Cl)c3)cc2C=O)OC1(C)C. The molecule has 1 heterocycles. The Labute approximate surface area is 170 Å². The molecule has 0 unspecified atom stereocenters. The Kier molecular flexibility index (Phi) is 5.55. The van der Waals surface area contributed by atoms with E-state index in [4.69, 9.17) is 32.5 Å². The van der Waals surface area contributed by atoms with Crippen LogP contribution in [0.5, 0.6) is 0 Å². The zero-order chi connectivity index (χ0) is 19.8. The molecule has 0 amide bonds. The van der Waals surface area contributed by atoms with Gasteiger partial charge in [0.2, 0.25) is 0 Å². The van der Waals surface area contributed by atoms with E-state index in [2.05, 4.69) is 0 Å². The van der Waals surface area contributed by atoms with Crippen LogP contribution in [0.4, 0.5) is 0 Å². The minimum atomic E-state index is -0.569. The second kappa shape index (κ2) is 7.44. The van der Waals surface area contributed by atoms with Gasteiger partial charge in [-0.25, -0.2) is 0 Å². The van der Waals surface area contributed by atoms with Crippen LogP contribution in [0, 0.1) is 0 Å². The lowest BCUT2D eigenvalue weighted by molar-refractivity contribution is 0.00578. The van der Waals surface area contributed by atoms with Crippen molar-refractivity contribution in [2.24, 2.45) is 0 Å². The van der Waals surface area contributed by atoms with Crippen LogP contribution in [0.25, 0.3) is 12.2 Å². The topological polar surface area (TPSA) is 35.5 Å². The summed E-state index contributed by atoms with van der Waals surface area (Å²) in [5.74, 6) is 0. The number of halogens is 2. The van der Waals surface area contributed by atoms with Gasteiger partial charge in [-0.3, -0.25) is 4.79 Å². The van der Waals surface area contributed by atoms with Crippen molar-refractivity contribution in [3.8, 4) is 0 Å². The Morgan fingerprint density at radius 2 is 1.41 bits per heavy atom. The minimum Gasteiger partial charge on any atom is -0.399 e. The zero-order valence-electron chi connectivity index (χ0n) is 15.8. The van der Waals surface area contributed by atoms with Crippen LogP contribution in [0.15, 0.2) is 36.4 Å². The van der Waals surface area contributed by atoms with E-state index in [1.54, 1.807) is 6.07 Å². The highest BCUT2D eigenvalue weighted by Gasteiger charge is 2.52. The monoisotopic (exact) mass is 402 g/mol. The number of aldehydes is 1. The fraction of sp³-hybridized carbons (Fsp3) is 0.286. The summed E-state index contributed by atoms with van der Waals surface area (Å²) in [7, 11) is -0.569. The predicted molar refractivity (Wildman–Crippen MR) is 113 cm³/mol. The lowest BCUT2D eigenvalue weighted by atomic mass is 9.75. The Bertz CT molecular complexity index is 870. The molecule has 2 aromatic carbocycles. The maximum Gasteiger partial charge on any atom is 0.495 e. The van der Waals surface area contributed by atoms with Crippen molar-refractivity contribution in [1.82, 2.24) is 0 Å². The molecular weight excluding hydrogens is 382 g/mol. The summed E-state index contributed by atoms with van der Waals surface area (Å²) in [6, 6.07) is 10.9. The van der Waals surface area contributed by atoms with E-state index >= 15 is 0 Å². The van der Waals surface area contributed by atoms with E-state index in [1.807, 2.05) is 70.2 Å². The van der Waals surface area contributed by atoms with Crippen LogP contribution >= 0.6 is 23.2 Å². The van der Waals surface area contributed by atoms with E-state index in [0.29, 0.717) is 15.6 Å². The van der Waals surface area contributed by atoms with Gasteiger partial charge in [-0.2, -0.15) is 0 Å². The maximum absolute atomic E-state index is 11.7. The molecule has 0 N–H and O–H groups in total. The second-order valence-electron chi connectivity index (χ2n) is 7.63. The first kappa shape index (κ1) is 20.2. The molecule has 0 aromatic heterocycles. The first-order valence-corrected chi connectivity index (χ1v) is 9.46. The van der Waals surface area contributed by atoms with E-state index in [0.717, 1.165) is 22.9 Å². The van der Waals surface area contributed by atoms with Gasteiger partial charge in [-0.15, -0.1) is 0 Å². The van der Waals surface area contributed by atoms with Gasteiger partial charge >= 0.3 is 7.12 Å². The fourth-order valence-electron chi connectivity index (χ4n) is 2.85. The van der Waals surface area contributed by atoms with E-state index < -0.39 is 18.3 Å². The molecular formula is C21H21BCl2O3. The van der Waals surface area contributed by atoms with E-state index in [1.165, 1.54) is 0 Å². The molecule has 3 nitrogen and oxygen atoms in total. The van der Waals surface area contributed by atoms with Gasteiger partial charge in [-0.1, -0.05) is 47.5 Å². The van der Waals surface area contributed by atoms with Gasteiger partial charge in [0.15, 0.2) is 0 Å². The number of benzene rings is 2. The standard InChI is InChI=1S/C21H21BCl2O3/c1-20(2)21(3,4)27-22(26-20)19-8-7-14(9-16(19)13-25)5-6-15-10-17(23)12-18(24)11-15/h5-13H,1-4H3/b6-5+. The highest BCUT2D eigenvalue weighted by Crippen LogP contribution is 2.36. The molecule has 0 bridgehead atoms. The molecule has 1 saturated heterocycles. The van der Waals surface area contributed by atoms with Crippen molar-refractivity contribution in [1.29, 1.82) is 0 Å². The Morgan fingerprint density at radius 3 is 1.96 bits per heavy atom. The number of carbonyl (C=O) groups excluding carboxylic acids is 1. The van der Waals surface area contributed by atoms with Crippen LogP contribution in [0.3, 0.4) is 0 Å². The Morgan fingerprint density at radius 1 is 0.852 bits per heavy atom. The average molecular weight is 403 g/mol. The third-order valence-corrected chi connectivity index (χ3v) is 5.53. The van der Waals surface area contributed by atoms with Crippen molar-refractivity contribution >= 4 is 54.2 Å². The molecule has 0 atom stereocenters. The van der Waals surface area contributed by atoms with Crippen LogP contribution in [-0.4, -0.2) is 24.6 Å². The summed E-state index contributed by atoms with van der Waals surface area (Å²) in [5, 5.41) is 1.15. The third kappa shape index (κ3) is 4.30. The quantitative estimate of drug-likeness (QED) is 0.396. The summed E-state index contributed by atoms with van der Waals surface area (Å²) >= 11 is 12.1. The Balaban J connectivity index is 1.87. The minimum absolute atomic E-state index is 0.456. The molecule has 0 aliphatic carbocycles. The first-order chi connectivity index (χ1) is 12.6. The van der Waals surface area contributed by atoms with Crippen molar-refractivity contribution in [2.45, 2.75) is 38.9 Å². The zero-order valence-corrected chi connectivity index (χ0v) is 17.3. The fourth-order valence-corrected chi connectivity index (χ4v) is 3.39. The van der Waals surface area contributed by atoms with Gasteiger partial charge in [0.1, 0.15) is 6.29 Å². The number of hydrogen-bond donors (Lipinski definition) is 0. The molecule has 1 aliphatic rings. The molecule has 0 spiro atoms. The van der Waals surface area contributed by atoms with Gasteiger partial charge in [0, 0.05) is 15.6 Å². The summed E-state index contributed by atoms with van der Waals surface area (Å²) in [4.78, 5) is 11.7. The highest BCUT2D eigenvalue weighted by atomic mass is 35.5. The molecule has 140 valence electrons. The Hall–Kier alpha value is -1.59. The molecule has 6 heteroatoms. The number of rotatable bonds is 4.